The van der Waals surface area contributed by atoms with Crippen molar-refractivity contribution in [2.45, 2.75) is 271 Å². The molecule has 0 aliphatic rings. The SMILES string of the molecule is CC/C=C/C/C=C/C/C=C/C/C=C/C/C=C/C/C=C/CCC(=O)OC[C@@H](COC(=O)CCCCCCCCCCCCCCCCCCC)OC(=O)CCCCCC/C=C/C/C=C/C/C=C/CCCCC. The fourth-order valence-electron chi connectivity index (χ4n) is 7.89. The molecule has 0 saturated carbocycles. The van der Waals surface area contributed by atoms with E-state index in [1.165, 1.54) is 116 Å². The Kier molecular flexibility index (Phi) is 55.4. The highest BCUT2D eigenvalue weighted by molar-refractivity contribution is 5.71. The van der Waals surface area contributed by atoms with Crippen LogP contribution in [0.5, 0.6) is 0 Å². The Morgan fingerprint density at radius 2 is 0.577 bits per heavy atom. The van der Waals surface area contributed by atoms with Crippen LogP contribution in [-0.2, 0) is 28.6 Å². The number of carbonyl (C=O) groups excluding carboxylic acids is 3. The third-order valence-electron chi connectivity index (χ3n) is 12.3. The van der Waals surface area contributed by atoms with E-state index in [4.69, 9.17) is 14.2 Å². The van der Waals surface area contributed by atoms with Gasteiger partial charge in [-0.05, 0) is 96.3 Å². The largest absolute Gasteiger partial charge is 0.462 e. The lowest BCUT2D eigenvalue weighted by molar-refractivity contribution is -0.166. The van der Waals surface area contributed by atoms with Crippen molar-refractivity contribution < 1.29 is 28.6 Å². The summed E-state index contributed by atoms with van der Waals surface area (Å²) in [6.45, 7) is 6.43. The number of rotatable bonds is 52. The first-order valence-corrected chi connectivity index (χ1v) is 29.4. The average Bonchev–Trinajstić information content (AvgIpc) is 3.37. The summed E-state index contributed by atoms with van der Waals surface area (Å²) >= 11 is 0. The first-order valence-electron chi connectivity index (χ1n) is 29.4. The second-order valence-corrected chi connectivity index (χ2v) is 19.2. The lowest BCUT2D eigenvalue weighted by Gasteiger charge is -2.18. The zero-order valence-corrected chi connectivity index (χ0v) is 46.2. The minimum atomic E-state index is -0.821. The van der Waals surface area contributed by atoms with Crippen LogP contribution in [0.3, 0.4) is 0 Å². The highest BCUT2D eigenvalue weighted by Crippen LogP contribution is 2.15. The Balaban J connectivity index is 4.53. The Labute approximate surface area is 438 Å². The number of esters is 3. The minimum Gasteiger partial charge on any atom is -0.462 e. The lowest BCUT2D eigenvalue weighted by Crippen LogP contribution is -2.30. The molecule has 0 unspecified atom stereocenters. The molecule has 0 spiro atoms. The van der Waals surface area contributed by atoms with E-state index in [2.05, 4.69) is 124 Å². The molecule has 0 radical (unpaired) electrons. The van der Waals surface area contributed by atoms with Crippen molar-refractivity contribution in [2.75, 3.05) is 13.2 Å². The summed E-state index contributed by atoms with van der Waals surface area (Å²) < 4.78 is 16.8. The van der Waals surface area contributed by atoms with Gasteiger partial charge in [0.15, 0.2) is 6.10 Å². The smallest absolute Gasteiger partial charge is 0.306 e. The molecule has 0 aromatic carbocycles. The van der Waals surface area contributed by atoms with E-state index in [9.17, 15) is 14.4 Å². The quantitative estimate of drug-likeness (QED) is 0.0261. The molecule has 0 N–H and O–H groups in total. The molecule has 0 aromatic rings. The first-order chi connectivity index (χ1) is 35.0. The van der Waals surface area contributed by atoms with Crippen LogP contribution in [0.2, 0.25) is 0 Å². The number of unbranched alkanes of at least 4 members (excludes halogenated alkanes) is 23. The van der Waals surface area contributed by atoms with E-state index < -0.39 is 6.10 Å². The van der Waals surface area contributed by atoms with Crippen LogP contribution in [0.4, 0.5) is 0 Å². The van der Waals surface area contributed by atoms with Crippen LogP contribution in [-0.4, -0.2) is 37.2 Å². The second-order valence-electron chi connectivity index (χ2n) is 19.2. The standard InChI is InChI=1S/C65H108O6/c1-4-7-10-13-16-19-22-25-28-31-32-35-37-40-43-46-49-52-55-58-64(67)70-61-62(71-65(68)59-56-53-50-47-44-41-38-34-30-27-24-21-18-15-12-9-6-3)60-69-63(66)57-54-51-48-45-42-39-36-33-29-26-23-20-17-14-11-8-5-2/h7,10,16,18-19,21,25,27-28,30,32,35,38,40-41,43,49,52,62H,4-6,8-9,11-15,17,20,22-24,26,29,31,33-34,36-37,39,42,44-48,50-51,53-61H2,1-3H3/b10-7+,19-16+,21-18+,28-25+,30-27+,35-32+,41-38+,43-40+,52-49+/t62-/m1/s1. The van der Waals surface area contributed by atoms with E-state index in [-0.39, 0.29) is 44.0 Å². The molecule has 0 aliphatic carbocycles. The number of ether oxygens (including phenoxy) is 3. The van der Waals surface area contributed by atoms with Crippen molar-refractivity contribution in [3.63, 3.8) is 0 Å². The highest BCUT2D eigenvalue weighted by atomic mass is 16.6. The summed E-state index contributed by atoms with van der Waals surface area (Å²) in [6, 6.07) is 0. The number of hydrogen-bond donors (Lipinski definition) is 0. The van der Waals surface area contributed by atoms with Crippen LogP contribution >= 0.6 is 0 Å². The van der Waals surface area contributed by atoms with Crippen molar-refractivity contribution in [2.24, 2.45) is 0 Å². The number of carbonyl (C=O) groups is 3. The maximum atomic E-state index is 12.9. The molecule has 1 atom stereocenters. The fourth-order valence-corrected chi connectivity index (χ4v) is 7.89. The van der Waals surface area contributed by atoms with Gasteiger partial charge in [0.05, 0.1) is 0 Å². The summed E-state index contributed by atoms with van der Waals surface area (Å²) in [4.78, 5) is 38.2. The van der Waals surface area contributed by atoms with E-state index >= 15 is 0 Å². The van der Waals surface area contributed by atoms with E-state index in [1.54, 1.807) is 0 Å². The summed E-state index contributed by atoms with van der Waals surface area (Å²) in [7, 11) is 0. The van der Waals surface area contributed by atoms with Crippen LogP contribution < -0.4 is 0 Å². The molecule has 71 heavy (non-hydrogen) atoms. The first kappa shape index (κ1) is 67.1. The Morgan fingerprint density at radius 3 is 0.972 bits per heavy atom. The van der Waals surface area contributed by atoms with Crippen molar-refractivity contribution in [1.29, 1.82) is 0 Å². The summed E-state index contributed by atoms with van der Waals surface area (Å²) in [5.41, 5.74) is 0. The van der Waals surface area contributed by atoms with Crippen molar-refractivity contribution in [3.05, 3.63) is 109 Å². The molecular formula is C65H108O6. The summed E-state index contributed by atoms with van der Waals surface area (Å²) in [5.74, 6) is -1.02. The molecule has 6 nitrogen and oxygen atoms in total. The molecule has 0 saturated heterocycles. The molecule has 0 aromatic heterocycles. The third kappa shape index (κ3) is 56.9. The van der Waals surface area contributed by atoms with Gasteiger partial charge in [0.1, 0.15) is 13.2 Å². The molecule has 404 valence electrons. The van der Waals surface area contributed by atoms with Crippen molar-refractivity contribution >= 4 is 17.9 Å². The molecule has 0 amide bonds. The van der Waals surface area contributed by atoms with Gasteiger partial charge in [-0.15, -0.1) is 0 Å². The Hall–Kier alpha value is -3.93. The molecule has 0 heterocycles. The van der Waals surface area contributed by atoms with Gasteiger partial charge in [-0.25, -0.2) is 0 Å². The molecule has 6 heteroatoms. The zero-order valence-electron chi connectivity index (χ0n) is 46.2. The van der Waals surface area contributed by atoms with Gasteiger partial charge in [0.2, 0.25) is 0 Å². The highest BCUT2D eigenvalue weighted by Gasteiger charge is 2.19. The molecule has 0 fully saturated rings. The lowest BCUT2D eigenvalue weighted by atomic mass is 10.0. The summed E-state index contributed by atoms with van der Waals surface area (Å²) in [6.07, 6.45) is 79.5. The van der Waals surface area contributed by atoms with Gasteiger partial charge >= 0.3 is 17.9 Å². The minimum absolute atomic E-state index is 0.110. The van der Waals surface area contributed by atoms with Gasteiger partial charge in [-0.2, -0.15) is 0 Å². The predicted octanol–water partition coefficient (Wildman–Crippen LogP) is 19.9. The number of hydrogen-bond acceptors (Lipinski definition) is 6. The van der Waals surface area contributed by atoms with Crippen LogP contribution in [0.1, 0.15) is 265 Å². The molecule has 0 aliphatic heterocycles. The zero-order chi connectivity index (χ0) is 51.4. The normalized spacial score (nSPS) is 12.9. The predicted molar refractivity (Wildman–Crippen MR) is 307 cm³/mol. The fraction of sp³-hybridized carbons (Fsp3) is 0.677. The van der Waals surface area contributed by atoms with Gasteiger partial charge < -0.3 is 14.2 Å². The topological polar surface area (TPSA) is 78.9 Å². The van der Waals surface area contributed by atoms with Gasteiger partial charge in [-0.3, -0.25) is 14.4 Å². The van der Waals surface area contributed by atoms with Crippen molar-refractivity contribution in [1.82, 2.24) is 0 Å². The van der Waals surface area contributed by atoms with Gasteiger partial charge in [-0.1, -0.05) is 259 Å². The Morgan fingerprint density at radius 1 is 0.296 bits per heavy atom. The maximum absolute atomic E-state index is 12.9. The van der Waals surface area contributed by atoms with Gasteiger partial charge in [0, 0.05) is 19.3 Å². The van der Waals surface area contributed by atoms with Crippen LogP contribution in [0.25, 0.3) is 0 Å². The second kappa shape index (κ2) is 58.6. The monoisotopic (exact) mass is 985 g/mol. The van der Waals surface area contributed by atoms with Crippen LogP contribution in [0, 0.1) is 0 Å². The van der Waals surface area contributed by atoms with E-state index in [1.807, 2.05) is 6.08 Å². The van der Waals surface area contributed by atoms with Crippen molar-refractivity contribution in [3.8, 4) is 0 Å². The molecular weight excluding hydrogens is 877 g/mol. The third-order valence-corrected chi connectivity index (χ3v) is 12.3. The molecule has 0 rings (SSSR count). The van der Waals surface area contributed by atoms with Crippen LogP contribution in [0.15, 0.2) is 109 Å². The average molecular weight is 986 g/mol. The van der Waals surface area contributed by atoms with Gasteiger partial charge in [0.25, 0.3) is 0 Å². The summed E-state index contributed by atoms with van der Waals surface area (Å²) in [5, 5.41) is 0. The Bertz CT molecular complexity index is 1460. The van der Waals surface area contributed by atoms with E-state index in [0.29, 0.717) is 12.8 Å². The van der Waals surface area contributed by atoms with E-state index in [0.717, 1.165) is 103 Å². The number of allylic oxidation sites excluding steroid dienone is 18. The molecule has 0 bridgehead atoms. The maximum Gasteiger partial charge on any atom is 0.306 e.